The summed E-state index contributed by atoms with van der Waals surface area (Å²) >= 11 is 0. The van der Waals surface area contributed by atoms with Gasteiger partial charge in [-0.25, -0.2) is 9.97 Å². The quantitative estimate of drug-likeness (QED) is 0.675. The second-order valence-corrected chi connectivity index (χ2v) is 4.18. The fourth-order valence-corrected chi connectivity index (χ4v) is 1.84. The maximum atomic E-state index is 11.0. The number of aliphatic hydroxyl groups excluding tert-OH is 1. The van der Waals surface area contributed by atoms with Crippen molar-refractivity contribution >= 4 is 5.69 Å². The van der Waals surface area contributed by atoms with E-state index in [4.69, 9.17) is 0 Å². The topological polar surface area (TPSA) is 89.2 Å². The molecule has 0 saturated carbocycles. The summed E-state index contributed by atoms with van der Waals surface area (Å²) in [7, 11) is 0. The molecule has 0 radical (unpaired) electrons. The third-order valence-corrected chi connectivity index (χ3v) is 2.81. The van der Waals surface area contributed by atoms with E-state index >= 15 is 0 Å². The molecule has 1 N–H and O–H groups in total. The van der Waals surface area contributed by atoms with E-state index in [9.17, 15) is 15.2 Å². The second kappa shape index (κ2) is 5.11. The van der Waals surface area contributed by atoms with Crippen LogP contribution in [0.4, 0.5) is 5.69 Å². The number of aryl methyl sites for hydroxylation is 1. The fourth-order valence-electron chi connectivity index (χ4n) is 1.84. The van der Waals surface area contributed by atoms with Gasteiger partial charge in [0.1, 0.15) is 0 Å². The number of para-hydroxylation sites is 1. The maximum Gasteiger partial charge on any atom is 0.280 e. The van der Waals surface area contributed by atoms with E-state index in [0.717, 1.165) is 0 Å². The Labute approximate surface area is 109 Å². The normalized spacial score (nSPS) is 12.2. The van der Waals surface area contributed by atoms with Gasteiger partial charge < -0.3 is 5.11 Å². The second-order valence-electron chi connectivity index (χ2n) is 4.18. The summed E-state index contributed by atoms with van der Waals surface area (Å²) in [4.78, 5) is 18.8. The summed E-state index contributed by atoms with van der Waals surface area (Å²) in [5.74, 6) is 0.286. The lowest BCUT2D eigenvalue weighted by atomic mass is 10.1. The van der Waals surface area contributed by atoms with E-state index in [-0.39, 0.29) is 11.5 Å². The van der Waals surface area contributed by atoms with Crippen molar-refractivity contribution in [3.63, 3.8) is 0 Å². The fraction of sp³-hybridized carbons (Fsp3) is 0.231. The van der Waals surface area contributed by atoms with E-state index in [2.05, 4.69) is 9.97 Å². The third kappa shape index (κ3) is 2.58. The minimum atomic E-state index is -0.667. The molecule has 0 aliphatic heterocycles. The van der Waals surface area contributed by atoms with Crippen LogP contribution in [0.2, 0.25) is 0 Å². The molecule has 0 aliphatic rings. The molecule has 2 rings (SSSR count). The molecule has 0 amide bonds. The van der Waals surface area contributed by atoms with Crippen molar-refractivity contribution in [3.8, 4) is 11.4 Å². The highest BCUT2D eigenvalue weighted by Gasteiger charge is 2.17. The Hall–Kier alpha value is -2.34. The third-order valence-electron chi connectivity index (χ3n) is 2.81. The summed E-state index contributed by atoms with van der Waals surface area (Å²) in [5.41, 5.74) is 1.56. The zero-order valence-corrected chi connectivity index (χ0v) is 10.6. The Balaban J connectivity index is 2.54. The Morgan fingerprint density at radius 3 is 2.63 bits per heavy atom. The van der Waals surface area contributed by atoms with E-state index in [0.29, 0.717) is 16.8 Å². The summed E-state index contributed by atoms with van der Waals surface area (Å²) < 4.78 is 0. The van der Waals surface area contributed by atoms with Gasteiger partial charge in [-0.15, -0.1) is 0 Å². The number of aliphatic hydroxyl groups is 1. The molecular formula is C13H13N3O3. The Bertz CT molecular complexity index is 626. The standard InChI is InChI=1S/C13H13N3O3/c1-8-11(9(2)17)7-14-13(15-8)10-5-3-4-6-12(10)16(18)19/h3-7,9,17H,1-2H3/t9-/m0/s1. The van der Waals surface area contributed by atoms with Crippen molar-refractivity contribution in [1.82, 2.24) is 9.97 Å². The van der Waals surface area contributed by atoms with Crippen molar-refractivity contribution in [2.24, 2.45) is 0 Å². The lowest BCUT2D eigenvalue weighted by molar-refractivity contribution is -0.384. The number of rotatable bonds is 3. The Morgan fingerprint density at radius 1 is 1.37 bits per heavy atom. The van der Waals surface area contributed by atoms with Gasteiger partial charge in [0.2, 0.25) is 0 Å². The zero-order valence-electron chi connectivity index (χ0n) is 10.6. The van der Waals surface area contributed by atoms with Gasteiger partial charge in [-0.2, -0.15) is 0 Å². The molecule has 1 heterocycles. The molecule has 2 aromatic rings. The van der Waals surface area contributed by atoms with Crippen LogP contribution in [-0.2, 0) is 0 Å². The molecule has 19 heavy (non-hydrogen) atoms. The number of nitrogens with zero attached hydrogens (tertiary/aromatic N) is 3. The lowest BCUT2D eigenvalue weighted by Crippen LogP contribution is -2.02. The van der Waals surface area contributed by atoms with Gasteiger partial charge in [-0.3, -0.25) is 10.1 Å². The summed E-state index contributed by atoms with van der Waals surface area (Å²) in [6, 6.07) is 6.31. The largest absolute Gasteiger partial charge is 0.389 e. The monoisotopic (exact) mass is 259 g/mol. The number of benzene rings is 1. The van der Waals surface area contributed by atoms with Gasteiger partial charge >= 0.3 is 0 Å². The summed E-state index contributed by atoms with van der Waals surface area (Å²) in [6.45, 7) is 3.36. The van der Waals surface area contributed by atoms with E-state index in [1.165, 1.54) is 12.3 Å². The highest BCUT2D eigenvalue weighted by molar-refractivity contribution is 5.67. The van der Waals surface area contributed by atoms with Crippen LogP contribution in [0, 0.1) is 17.0 Å². The molecule has 0 spiro atoms. The van der Waals surface area contributed by atoms with E-state index < -0.39 is 11.0 Å². The zero-order chi connectivity index (χ0) is 14.0. The van der Waals surface area contributed by atoms with Gasteiger partial charge in [0, 0.05) is 23.5 Å². The molecule has 0 saturated heterocycles. The molecule has 1 atom stereocenters. The molecule has 0 unspecified atom stereocenters. The maximum absolute atomic E-state index is 11.0. The van der Waals surface area contributed by atoms with E-state index in [1.807, 2.05) is 0 Å². The summed E-state index contributed by atoms with van der Waals surface area (Å²) in [6.07, 6.45) is 0.832. The molecule has 98 valence electrons. The van der Waals surface area contributed by atoms with E-state index in [1.54, 1.807) is 32.0 Å². The number of nitro benzene ring substituents is 1. The van der Waals surface area contributed by atoms with Crippen LogP contribution < -0.4 is 0 Å². The van der Waals surface area contributed by atoms with Crippen LogP contribution in [-0.4, -0.2) is 20.0 Å². The van der Waals surface area contributed by atoms with Gasteiger partial charge in [-0.1, -0.05) is 12.1 Å². The van der Waals surface area contributed by atoms with Crippen molar-refractivity contribution < 1.29 is 10.0 Å². The molecule has 1 aromatic carbocycles. The molecule has 6 nitrogen and oxygen atoms in total. The lowest BCUT2D eigenvalue weighted by Gasteiger charge is -2.09. The van der Waals surface area contributed by atoms with Crippen molar-refractivity contribution in [3.05, 3.63) is 51.8 Å². The van der Waals surface area contributed by atoms with Crippen LogP contribution >= 0.6 is 0 Å². The summed E-state index contributed by atoms with van der Waals surface area (Å²) in [5, 5.41) is 20.5. The highest BCUT2D eigenvalue weighted by Crippen LogP contribution is 2.27. The molecule has 1 aromatic heterocycles. The average molecular weight is 259 g/mol. The predicted octanol–water partition coefficient (Wildman–Crippen LogP) is 2.41. The van der Waals surface area contributed by atoms with Crippen LogP contribution in [0.5, 0.6) is 0 Å². The van der Waals surface area contributed by atoms with Crippen LogP contribution in [0.1, 0.15) is 24.3 Å². The Morgan fingerprint density at radius 2 is 2.05 bits per heavy atom. The number of hydrogen-bond donors (Lipinski definition) is 1. The average Bonchev–Trinajstić information content (AvgIpc) is 2.38. The number of hydrogen-bond acceptors (Lipinski definition) is 5. The minimum Gasteiger partial charge on any atom is -0.389 e. The molecular weight excluding hydrogens is 246 g/mol. The van der Waals surface area contributed by atoms with Gasteiger partial charge in [0.05, 0.1) is 16.6 Å². The highest BCUT2D eigenvalue weighted by atomic mass is 16.6. The van der Waals surface area contributed by atoms with Crippen LogP contribution in [0.25, 0.3) is 11.4 Å². The first kappa shape index (κ1) is 13.1. The number of nitro groups is 1. The van der Waals surface area contributed by atoms with Gasteiger partial charge in [-0.05, 0) is 19.9 Å². The SMILES string of the molecule is Cc1nc(-c2ccccc2[N+](=O)[O-])ncc1[C@H](C)O. The Kier molecular flexibility index (Phi) is 3.52. The minimum absolute atomic E-state index is 0.0355. The van der Waals surface area contributed by atoms with Gasteiger partial charge in [0.15, 0.2) is 5.82 Å². The molecule has 0 bridgehead atoms. The van der Waals surface area contributed by atoms with Crippen LogP contribution in [0.3, 0.4) is 0 Å². The predicted molar refractivity (Wildman–Crippen MR) is 69.5 cm³/mol. The molecule has 0 fully saturated rings. The number of aromatic nitrogens is 2. The molecule has 0 aliphatic carbocycles. The van der Waals surface area contributed by atoms with Gasteiger partial charge in [0.25, 0.3) is 5.69 Å². The van der Waals surface area contributed by atoms with Crippen molar-refractivity contribution in [2.75, 3.05) is 0 Å². The van der Waals surface area contributed by atoms with Crippen LogP contribution in [0.15, 0.2) is 30.5 Å². The first-order chi connectivity index (χ1) is 9.00. The first-order valence-electron chi connectivity index (χ1n) is 5.76. The van der Waals surface area contributed by atoms with Crippen molar-refractivity contribution in [2.45, 2.75) is 20.0 Å². The molecule has 6 heteroatoms. The smallest absolute Gasteiger partial charge is 0.280 e. The van der Waals surface area contributed by atoms with Crippen molar-refractivity contribution in [1.29, 1.82) is 0 Å². The first-order valence-corrected chi connectivity index (χ1v) is 5.76.